The number of aromatic amines is 1. The number of nitriles is 1. The standard InChI is InChI=1S/C30H30N10O2/c1-38-16-22(19-7-8-34-25(19)29(38)41)18-5-2-4-17-14-20(27(35-24(17)18)39-10-12-42-13-11-39)23-6-3-9-40(23)28-21(15-31)26(32)36-30(33)37-28/h2,4-5,7-8,14,16,23,34H,3,6,9-13H2,1H3,(H4,32,33,36,37). The van der Waals surface area contributed by atoms with E-state index in [0.29, 0.717) is 44.2 Å². The average Bonchev–Trinajstić information content (AvgIpc) is 3.69. The predicted molar refractivity (Wildman–Crippen MR) is 162 cm³/mol. The number of benzene rings is 1. The van der Waals surface area contributed by atoms with E-state index in [2.05, 4.69) is 49.0 Å². The number of aryl methyl sites for hydroxylation is 1. The Hall–Kier alpha value is -5.15. The van der Waals surface area contributed by atoms with Gasteiger partial charge in [0.25, 0.3) is 5.56 Å². The number of aromatic nitrogens is 5. The van der Waals surface area contributed by atoms with E-state index in [0.717, 1.165) is 51.6 Å². The Labute approximate surface area is 241 Å². The molecule has 4 aromatic heterocycles. The van der Waals surface area contributed by atoms with Crippen LogP contribution in [-0.2, 0) is 11.8 Å². The molecule has 0 bridgehead atoms. The Morgan fingerprint density at radius 1 is 1.07 bits per heavy atom. The second-order valence-corrected chi connectivity index (χ2v) is 10.7. The Morgan fingerprint density at radius 2 is 1.90 bits per heavy atom. The van der Waals surface area contributed by atoms with Gasteiger partial charge in [-0.05, 0) is 25.0 Å². The van der Waals surface area contributed by atoms with Gasteiger partial charge in [-0.1, -0.05) is 18.2 Å². The number of para-hydroxylation sites is 1. The van der Waals surface area contributed by atoms with E-state index < -0.39 is 0 Å². The quantitative estimate of drug-likeness (QED) is 0.296. The summed E-state index contributed by atoms with van der Waals surface area (Å²) < 4.78 is 7.29. The molecule has 12 nitrogen and oxygen atoms in total. The molecule has 6 heterocycles. The summed E-state index contributed by atoms with van der Waals surface area (Å²) in [5.74, 6) is 1.44. The van der Waals surface area contributed by atoms with Crippen molar-refractivity contribution in [3.05, 3.63) is 64.2 Å². The molecule has 12 heteroatoms. The molecule has 2 aliphatic heterocycles. The van der Waals surface area contributed by atoms with Crippen LogP contribution in [0.2, 0.25) is 0 Å². The molecule has 7 rings (SSSR count). The average molecular weight is 563 g/mol. The third-order valence-electron chi connectivity index (χ3n) is 8.28. The molecule has 0 spiro atoms. The zero-order chi connectivity index (χ0) is 29.0. The molecule has 2 aliphatic rings. The first-order valence-electron chi connectivity index (χ1n) is 14.0. The summed E-state index contributed by atoms with van der Waals surface area (Å²) in [6, 6.07) is 12.4. The second-order valence-electron chi connectivity index (χ2n) is 10.7. The number of ether oxygens (including phenoxy) is 1. The molecule has 2 saturated heterocycles. The minimum absolute atomic E-state index is 0.0372. The van der Waals surface area contributed by atoms with Crippen molar-refractivity contribution < 1.29 is 4.74 Å². The van der Waals surface area contributed by atoms with Crippen LogP contribution in [0.5, 0.6) is 0 Å². The number of rotatable bonds is 4. The summed E-state index contributed by atoms with van der Waals surface area (Å²) in [6.07, 6.45) is 5.43. The first kappa shape index (κ1) is 25.8. The van der Waals surface area contributed by atoms with Gasteiger partial charge in [0.1, 0.15) is 28.8 Å². The number of anilines is 4. The van der Waals surface area contributed by atoms with Crippen molar-refractivity contribution in [3.63, 3.8) is 0 Å². The lowest BCUT2D eigenvalue weighted by molar-refractivity contribution is 0.122. The number of H-pyrrole nitrogens is 1. The van der Waals surface area contributed by atoms with Gasteiger partial charge >= 0.3 is 0 Å². The zero-order valence-electron chi connectivity index (χ0n) is 23.2. The van der Waals surface area contributed by atoms with Gasteiger partial charge in [0.05, 0.1) is 24.8 Å². The Morgan fingerprint density at radius 3 is 2.71 bits per heavy atom. The zero-order valence-corrected chi connectivity index (χ0v) is 23.2. The molecule has 5 N–H and O–H groups in total. The van der Waals surface area contributed by atoms with Crippen molar-refractivity contribution in [2.24, 2.45) is 7.05 Å². The largest absolute Gasteiger partial charge is 0.382 e. The SMILES string of the molecule is Cn1cc(-c2cccc3cc(C4CCCN4c4nc(N)nc(N)c4C#N)c(N4CCOCC4)nc23)c2cc[nH]c2c1=O. The number of hydrogen-bond donors (Lipinski definition) is 3. The van der Waals surface area contributed by atoms with Crippen molar-refractivity contribution in [3.8, 4) is 17.2 Å². The number of morpholine rings is 1. The molecule has 212 valence electrons. The van der Waals surface area contributed by atoms with Crippen LogP contribution in [0, 0.1) is 11.3 Å². The van der Waals surface area contributed by atoms with Gasteiger partial charge in [-0.3, -0.25) is 4.79 Å². The van der Waals surface area contributed by atoms with Crippen LogP contribution in [0.3, 0.4) is 0 Å². The van der Waals surface area contributed by atoms with E-state index in [9.17, 15) is 10.1 Å². The lowest BCUT2D eigenvalue weighted by atomic mass is 9.97. The van der Waals surface area contributed by atoms with Crippen LogP contribution < -0.4 is 26.8 Å². The lowest BCUT2D eigenvalue weighted by Gasteiger charge is -2.34. The van der Waals surface area contributed by atoms with E-state index in [4.69, 9.17) is 21.2 Å². The van der Waals surface area contributed by atoms with Gasteiger partial charge in [-0.2, -0.15) is 15.2 Å². The van der Waals surface area contributed by atoms with E-state index in [-0.39, 0.29) is 28.9 Å². The molecule has 0 saturated carbocycles. The maximum atomic E-state index is 12.8. The van der Waals surface area contributed by atoms with Crippen LogP contribution in [0.15, 0.2) is 47.5 Å². The number of pyridine rings is 2. The van der Waals surface area contributed by atoms with E-state index in [1.165, 1.54) is 0 Å². The van der Waals surface area contributed by atoms with Crippen molar-refractivity contribution in [2.45, 2.75) is 18.9 Å². The fourth-order valence-corrected chi connectivity index (χ4v) is 6.32. The van der Waals surface area contributed by atoms with Gasteiger partial charge in [0.15, 0.2) is 5.82 Å². The molecule has 5 aromatic rings. The Kier molecular flexibility index (Phi) is 6.17. The number of fused-ring (bicyclic) bond motifs is 2. The van der Waals surface area contributed by atoms with Crippen molar-refractivity contribution in [2.75, 3.05) is 54.1 Å². The fourth-order valence-electron chi connectivity index (χ4n) is 6.32. The summed E-state index contributed by atoms with van der Waals surface area (Å²) in [4.78, 5) is 34.1. The lowest BCUT2D eigenvalue weighted by Crippen LogP contribution is -2.38. The van der Waals surface area contributed by atoms with Crippen molar-refractivity contribution in [1.82, 2.24) is 24.5 Å². The van der Waals surface area contributed by atoms with Gasteiger partial charge in [-0.15, -0.1) is 0 Å². The predicted octanol–water partition coefficient (Wildman–Crippen LogP) is 3.09. The fraction of sp³-hybridized carbons (Fsp3) is 0.300. The van der Waals surface area contributed by atoms with E-state index in [1.807, 2.05) is 18.3 Å². The maximum Gasteiger partial charge on any atom is 0.274 e. The molecule has 0 aliphatic carbocycles. The summed E-state index contributed by atoms with van der Waals surface area (Å²) in [6.45, 7) is 3.33. The third kappa shape index (κ3) is 4.09. The number of nitrogens with zero attached hydrogens (tertiary/aromatic N) is 7. The molecule has 2 fully saturated rings. The van der Waals surface area contributed by atoms with E-state index >= 15 is 0 Å². The normalized spacial score (nSPS) is 17.3. The summed E-state index contributed by atoms with van der Waals surface area (Å²) in [5, 5.41) is 11.7. The second kappa shape index (κ2) is 10.0. The topological polar surface area (TPSA) is 168 Å². The molecule has 1 aromatic carbocycles. The van der Waals surface area contributed by atoms with Gasteiger partial charge in [0, 0.05) is 66.5 Å². The highest BCUT2D eigenvalue weighted by Gasteiger charge is 2.34. The van der Waals surface area contributed by atoms with Gasteiger partial charge in [-0.25, -0.2) is 4.98 Å². The smallest absolute Gasteiger partial charge is 0.274 e. The van der Waals surface area contributed by atoms with Crippen molar-refractivity contribution in [1.29, 1.82) is 5.26 Å². The first-order valence-corrected chi connectivity index (χ1v) is 14.0. The minimum Gasteiger partial charge on any atom is -0.382 e. The Balaban J connectivity index is 1.44. The molecular formula is C30H30N10O2. The summed E-state index contributed by atoms with van der Waals surface area (Å²) in [5.41, 5.74) is 16.6. The maximum absolute atomic E-state index is 12.8. The third-order valence-corrected chi connectivity index (χ3v) is 8.28. The van der Waals surface area contributed by atoms with Gasteiger partial charge in [0.2, 0.25) is 5.95 Å². The number of nitrogen functional groups attached to an aromatic ring is 2. The molecule has 1 unspecified atom stereocenters. The highest BCUT2D eigenvalue weighted by atomic mass is 16.5. The van der Waals surface area contributed by atoms with Crippen LogP contribution in [0.1, 0.15) is 30.0 Å². The van der Waals surface area contributed by atoms with Crippen LogP contribution in [0.25, 0.3) is 32.9 Å². The molecule has 42 heavy (non-hydrogen) atoms. The van der Waals surface area contributed by atoms with Crippen molar-refractivity contribution >= 4 is 45.2 Å². The highest BCUT2D eigenvalue weighted by molar-refractivity contribution is 6.03. The first-order chi connectivity index (χ1) is 20.4. The highest BCUT2D eigenvalue weighted by Crippen LogP contribution is 2.43. The van der Waals surface area contributed by atoms with Gasteiger partial charge < -0.3 is 35.6 Å². The summed E-state index contributed by atoms with van der Waals surface area (Å²) in [7, 11) is 1.76. The number of nitrogens with two attached hydrogens (primary N) is 2. The van der Waals surface area contributed by atoms with Crippen LogP contribution >= 0.6 is 0 Å². The minimum atomic E-state index is -0.0990. The Bertz CT molecular complexity index is 1950. The monoisotopic (exact) mass is 562 g/mol. The summed E-state index contributed by atoms with van der Waals surface area (Å²) >= 11 is 0. The van der Waals surface area contributed by atoms with Crippen LogP contribution in [-0.4, -0.2) is 57.4 Å². The van der Waals surface area contributed by atoms with Crippen LogP contribution in [0.4, 0.5) is 23.4 Å². The molecule has 0 amide bonds. The molecular weight excluding hydrogens is 532 g/mol. The van der Waals surface area contributed by atoms with E-state index in [1.54, 1.807) is 17.8 Å². The number of nitrogens with one attached hydrogen (secondary N) is 1. The molecule has 0 radical (unpaired) electrons. The molecule has 1 atom stereocenters. The number of hydrogen-bond acceptors (Lipinski definition) is 10.